The number of aromatic nitrogens is 2. The van der Waals surface area contributed by atoms with Crippen molar-refractivity contribution in [1.29, 1.82) is 0 Å². The minimum atomic E-state index is -3.98. The molecular formula is C26H26ClFN4O4S. The molecule has 11 heteroatoms. The van der Waals surface area contributed by atoms with Crippen LogP contribution in [0.2, 0.25) is 5.02 Å². The van der Waals surface area contributed by atoms with Gasteiger partial charge >= 0.3 is 5.97 Å². The number of likely N-dealkylation sites (N-methyl/N-ethyl adjacent to an activating group) is 1. The molecule has 194 valence electrons. The molecule has 1 saturated carbocycles. The minimum absolute atomic E-state index is 0.0257. The van der Waals surface area contributed by atoms with Gasteiger partial charge in [0.05, 0.1) is 34.4 Å². The van der Waals surface area contributed by atoms with Crippen LogP contribution in [0, 0.1) is 11.7 Å². The molecule has 37 heavy (non-hydrogen) atoms. The fourth-order valence-electron chi connectivity index (χ4n) is 5.41. The van der Waals surface area contributed by atoms with Crippen LogP contribution in [0.5, 0.6) is 0 Å². The molecule has 1 aromatic heterocycles. The summed E-state index contributed by atoms with van der Waals surface area (Å²) in [6.45, 7) is 0.399. The second-order valence-electron chi connectivity index (χ2n) is 9.49. The van der Waals surface area contributed by atoms with E-state index in [1.54, 1.807) is 25.5 Å². The third-order valence-corrected chi connectivity index (χ3v) is 9.62. The van der Waals surface area contributed by atoms with Gasteiger partial charge in [0.15, 0.2) is 0 Å². The van der Waals surface area contributed by atoms with E-state index < -0.39 is 27.4 Å². The number of nitrogens with zero attached hydrogens (tertiary/aromatic N) is 4. The summed E-state index contributed by atoms with van der Waals surface area (Å²) < 4.78 is 43.6. The number of carboxylic acid groups (broad SMARTS) is 1. The quantitative estimate of drug-likeness (QED) is 0.472. The normalized spacial score (nSPS) is 20.3. The Kier molecular flexibility index (Phi) is 6.91. The molecule has 2 aliphatic rings. The number of rotatable bonds is 4. The van der Waals surface area contributed by atoms with Crippen molar-refractivity contribution in [1.82, 2.24) is 14.3 Å². The second-order valence-corrected chi connectivity index (χ2v) is 11.9. The molecule has 0 amide bonds. The van der Waals surface area contributed by atoms with Gasteiger partial charge in [-0.2, -0.15) is 4.31 Å². The van der Waals surface area contributed by atoms with Gasteiger partial charge in [0, 0.05) is 25.2 Å². The van der Waals surface area contributed by atoms with Crippen LogP contribution in [0.3, 0.4) is 0 Å². The van der Waals surface area contributed by atoms with Crippen molar-refractivity contribution in [3.63, 3.8) is 0 Å². The van der Waals surface area contributed by atoms with Gasteiger partial charge in [-0.15, -0.1) is 0 Å². The van der Waals surface area contributed by atoms with Crippen LogP contribution in [0.4, 0.5) is 15.8 Å². The van der Waals surface area contributed by atoms with Crippen molar-refractivity contribution in [2.24, 2.45) is 5.92 Å². The van der Waals surface area contributed by atoms with E-state index in [2.05, 4.69) is 9.97 Å². The number of fused-ring (bicyclic) bond motifs is 1. The van der Waals surface area contributed by atoms with E-state index in [0.717, 1.165) is 44.2 Å². The number of sulfonamides is 1. The lowest BCUT2D eigenvalue weighted by Gasteiger charge is -2.36. The summed E-state index contributed by atoms with van der Waals surface area (Å²) >= 11 is 6.68. The lowest BCUT2D eigenvalue weighted by molar-refractivity contribution is 0.0692. The first-order chi connectivity index (χ1) is 17.7. The molecule has 0 saturated heterocycles. The Morgan fingerprint density at radius 1 is 1.11 bits per heavy atom. The van der Waals surface area contributed by atoms with Crippen LogP contribution < -0.4 is 4.90 Å². The highest BCUT2D eigenvalue weighted by molar-refractivity contribution is 7.89. The maximum absolute atomic E-state index is 14.1. The van der Waals surface area contributed by atoms with E-state index in [0.29, 0.717) is 29.0 Å². The molecule has 0 unspecified atom stereocenters. The zero-order valence-electron chi connectivity index (χ0n) is 20.1. The molecule has 0 bridgehead atoms. The predicted molar refractivity (Wildman–Crippen MR) is 138 cm³/mol. The molecule has 0 radical (unpaired) electrons. The van der Waals surface area contributed by atoms with Gasteiger partial charge < -0.3 is 10.0 Å². The maximum Gasteiger partial charge on any atom is 0.338 e. The molecule has 1 atom stereocenters. The molecule has 1 aliphatic heterocycles. The molecule has 1 aliphatic carbocycles. The van der Waals surface area contributed by atoms with Crippen LogP contribution in [-0.2, 0) is 10.0 Å². The largest absolute Gasteiger partial charge is 0.478 e. The molecular weight excluding hydrogens is 519 g/mol. The monoisotopic (exact) mass is 544 g/mol. The summed E-state index contributed by atoms with van der Waals surface area (Å²) in [5, 5.41) is 9.58. The van der Waals surface area contributed by atoms with Crippen molar-refractivity contribution >= 4 is 39.0 Å². The summed E-state index contributed by atoms with van der Waals surface area (Å²) in [6, 6.07) is 6.31. The zero-order valence-corrected chi connectivity index (χ0v) is 21.7. The average molecular weight is 545 g/mol. The molecule has 1 fully saturated rings. The lowest BCUT2D eigenvalue weighted by Crippen LogP contribution is -2.46. The lowest BCUT2D eigenvalue weighted by atomic mass is 9.83. The van der Waals surface area contributed by atoms with E-state index in [9.17, 15) is 22.7 Å². The smallest absolute Gasteiger partial charge is 0.338 e. The Labute approximate surface area is 219 Å². The summed E-state index contributed by atoms with van der Waals surface area (Å²) in [7, 11) is -2.37. The van der Waals surface area contributed by atoms with Gasteiger partial charge in [-0.3, -0.25) is 0 Å². The van der Waals surface area contributed by atoms with Gasteiger partial charge in [-0.25, -0.2) is 27.6 Å². The molecule has 2 heterocycles. The van der Waals surface area contributed by atoms with Gasteiger partial charge in [0.25, 0.3) is 0 Å². The van der Waals surface area contributed by atoms with Gasteiger partial charge in [0.1, 0.15) is 17.0 Å². The SMILES string of the molecule is CN1[C@H](C2CCCCC2)CN(c2cncnc2)c2cc(Cl)c(-c3ccc(F)c(C(=O)O)c3)cc2S1(=O)=O. The third kappa shape index (κ3) is 4.69. The van der Waals surface area contributed by atoms with Crippen molar-refractivity contribution in [3.8, 4) is 11.1 Å². The molecule has 8 nitrogen and oxygen atoms in total. The number of benzene rings is 2. The standard InChI is InChI=1S/C26H26ClFN4O4S/c1-31-24(16-5-3-2-4-6-16)14-32(18-12-29-15-30-13-18)23-11-21(27)19(10-25(23)37(31,35)36)17-7-8-22(28)20(9-17)26(33)34/h7-13,15-16,24H,2-6,14H2,1H3,(H,33,34)/t24-/m0/s1. The number of carboxylic acids is 1. The van der Waals surface area contributed by atoms with Crippen LogP contribution in [0.1, 0.15) is 42.5 Å². The average Bonchev–Trinajstić information content (AvgIpc) is 2.97. The fourth-order valence-corrected chi connectivity index (χ4v) is 7.28. The van der Waals surface area contributed by atoms with Crippen molar-refractivity contribution in [2.75, 3.05) is 18.5 Å². The first-order valence-corrected chi connectivity index (χ1v) is 13.9. The number of aromatic carboxylic acids is 1. The van der Waals surface area contributed by atoms with E-state index in [1.165, 1.54) is 22.8 Å². The van der Waals surface area contributed by atoms with Crippen LogP contribution >= 0.6 is 11.6 Å². The predicted octanol–water partition coefficient (Wildman–Crippen LogP) is 5.36. The summed E-state index contributed by atoms with van der Waals surface area (Å²) in [6.07, 6.45) is 9.82. The summed E-state index contributed by atoms with van der Waals surface area (Å²) in [5.74, 6) is -2.12. The number of halogens is 2. The minimum Gasteiger partial charge on any atom is -0.478 e. The highest BCUT2D eigenvalue weighted by atomic mass is 35.5. The number of hydrogen-bond acceptors (Lipinski definition) is 6. The number of hydrogen-bond donors (Lipinski definition) is 1. The highest BCUT2D eigenvalue weighted by Crippen LogP contribution is 2.44. The van der Waals surface area contributed by atoms with E-state index in [1.807, 2.05) is 4.90 Å². The molecule has 2 aromatic carbocycles. The van der Waals surface area contributed by atoms with Crippen molar-refractivity contribution < 1.29 is 22.7 Å². The molecule has 5 rings (SSSR count). The first kappa shape index (κ1) is 25.6. The Morgan fingerprint density at radius 3 is 2.49 bits per heavy atom. The highest BCUT2D eigenvalue weighted by Gasteiger charge is 2.41. The first-order valence-electron chi connectivity index (χ1n) is 12.1. The van der Waals surface area contributed by atoms with E-state index in [4.69, 9.17) is 11.6 Å². The van der Waals surface area contributed by atoms with Crippen LogP contribution in [0.25, 0.3) is 11.1 Å². The Morgan fingerprint density at radius 2 is 1.81 bits per heavy atom. The van der Waals surface area contributed by atoms with Crippen LogP contribution in [0.15, 0.2) is 53.9 Å². The van der Waals surface area contributed by atoms with Gasteiger partial charge in [0.2, 0.25) is 10.0 Å². The molecule has 1 N–H and O–H groups in total. The topological polar surface area (TPSA) is 104 Å². The van der Waals surface area contributed by atoms with Crippen molar-refractivity contribution in [3.05, 3.63) is 65.5 Å². The van der Waals surface area contributed by atoms with E-state index in [-0.39, 0.29) is 21.9 Å². The zero-order chi connectivity index (χ0) is 26.3. The Balaban J connectivity index is 1.71. The maximum atomic E-state index is 14.1. The summed E-state index contributed by atoms with van der Waals surface area (Å²) in [5.41, 5.74) is 1.08. The number of carbonyl (C=O) groups is 1. The fraction of sp³-hybridized carbons (Fsp3) is 0.346. The number of anilines is 2. The van der Waals surface area contributed by atoms with E-state index >= 15 is 0 Å². The van der Waals surface area contributed by atoms with Crippen LogP contribution in [-0.4, -0.2) is 53.4 Å². The Hall–Kier alpha value is -3.08. The van der Waals surface area contributed by atoms with Gasteiger partial charge in [-0.1, -0.05) is 36.9 Å². The third-order valence-electron chi connectivity index (χ3n) is 7.39. The second kappa shape index (κ2) is 10.00. The van der Waals surface area contributed by atoms with Crippen molar-refractivity contribution in [2.45, 2.75) is 43.0 Å². The molecule has 0 spiro atoms. The van der Waals surface area contributed by atoms with Gasteiger partial charge in [-0.05, 0) is 48.6 Å². The summed E-state index contributed by atoms with van der Waals surface area (Å²) in [4.78, 5) is 21.7. The Bertz CT molecular complexity index is 1450. The molecule has 3 aromatic rings.